The fraction of sp³-hybridized carbons (Fsp3) is 0.381. The highest BCUT2D eigenvalue weighted by Crippen LogP contribution is 2.22. The maximum absolute atomic E-state index is 13.5. The molecule has 2 aromatic carbocycles. The van der Waals surface area contributed by atoms with Gasteiger partial charge in [-0.05, 0) is 42.7 Å². The summed E-state index contributed by atoms with van der Waals surface area (Å²) in [5, 5.41) is 2.93. The van der Waals surface area contributed by atoms with Crippen molar-refractivity contribution in [3.05, 3.63) is 59.7 Å². The van der Waals surface area contributed by atoms with Crippen LogP contribution in [0.4, 0.5) is 14.5 Å². The number of sulfonamides is 1. The highest BCUT2D eigenvalue weighted by molar-refractivity contribution is 7.92. The van der Waals surface area contributed by atoms with Gasteiger partial charge in [-0.3, -0.25) is 9.10 Å². The van der Waals surface area contributed by atoms with Crippen molar-refractivity contribution in [2.24, 2.45) is 0 Å². The van der Waals surface area contributed by atoms with Gasteiger partial charge in [-0.1, -0.05) is 19.1 Å². The Morgan fingerprint density at radius 3 is 2.33 bits per heavy atom. The molecule has 0 saturated heterocycles. The summed E-state index contributed by atoms with van der Waals surface area (Å²) < 4.78 is 56.9. The highest BCUT2D eigenvalue weighted by atomic mass is 32.2. The van der Waals surface area contributed by atoms with Gasteiger partial charge in [-0.15, -0.1) is 0 Å². The fourth-order valence-corrected chi connectivity index (χ4v) is 3.99. The number of carbonyl (C=O) groups is 1. The Balaban J connectivity index is 1.98. The summed E-state index contributed by atoms with van der Waals surface area (Å²) in [5.74, 6) is -1.70. The van der Waals surface area contributed by atoms with Crippen molar-refractivity contribution in [3.8, 4) is 5.75 Å². The zero-order valence-corrected chi connectivity index (χ0v) is 18.0. The number of hydrogen-bond acceptors (Lipinski definition) is 4. The summed E-state index contributed by atoms with van der Waals surface area (Å²) in [5.41, 5.74) is 0.952. The summed E-state index contributed by atoms with van der Waals surface area (Å²) >= 11 is 0. The normalized spacial score (nSPS) is 12.3. The van der Waals surface area contributed by atoms with E-state index in [4.69, 9.17) is 4.74 Å². The lowest BCUT2D eigenvalue weighted by Gasteiger charge is -2.23. The Bertz CT molecular complexity index is 965. The molecule has 1 amide bonds. The number of anilines is 1. The first-order valence-electron chi connectivity index (χ1n) is 9.51. The molecule has 2 aromatic rings. The molecular formula is C21H26F2N2O4S. The Kier molecular flexibility index (Phi) is 8.16. The van der Waals surface area contributed by atoms with Gasteiger partial charge in [-0.2, -0.15) is 0 Å². The van der Waals surface area contributed by atoms with E-state index in [1.165, 1.54) is 6.07 Å². The third-order valence-corrected chi connectivity index (χ3v) is 5.81. The Morgan fingerprint density at radius 1 is 1.13 bits per heavy atom. The molecule has 30 heavy (non-hydrogen) atoms. The molecule has 0 aliphatic heterocycles. The average Bonchev–Trinajstić information content (AvgIpc) is 2.71. The smallest absolute Gasteiger partial charge is 0.232 e. The lowest BCUT2D eigenvalue weighted by atomic mass is 10.0. The predicted molar refractivity (Wildman–Crippen MR) is 112 cm³/mol. The molecule has 0 spiro atoms. The Labute approximate surface area is 175 Å². The van der Waals surface area contributed by atoms with E-state index in [-0.39, 0.29) is 37.0 Å². The third-order valence-electron chi connectivity index (χ3n) is 4.62. The van der Waals surface area contributed by atoms with E-state index in [1.54, 1.807) is 7.11 Å². The minimum Gasteiger partial charge on any atom is -0.497 e. The molecule has 0 radical (unpaired) electrons. The van der Waals surface area contributed by atoms with Gasteiger partial charge in [0.15, 0.2) is 11.6 Å². The number of halogens is 2. The van der Waals surface area contributed by atoms with Crippen molar-refractivity contribution >= 4 is 21.6 Å². The molecular weight excluding hydrogens is 414 g/mol. The fourth-order valence-electron chi connectivity index (χ4n) is 3.03. The molecule has 0 aliphatic rings. The molecule has 9 heteroatoms. The molecule has 164 valence electrons. The van der Waals surface area contributed by atoms with Crippen LogP contribution in [-0.2, 0) is 14.8 Å². The second kappa shape index (κ2) is 10.4. The summed E-state index contributed by atoms with van der Waals surface area (Å²) in [4.78, 5) is 12.4. The van der Waals surface area contributed by atoms with Crippen LogP contribution in [-0.4, -0.2) is 34.2 Å². The van der Waals surface area contributed by atoms with Gasteiger partial charge < -0.3 is 10.1 Å². The summed E-state index contributed by atoms with van der Waals surface area (Å²) in [6.45, 7) is 1.92. The van der Waals surface area contributed by atoms with Gasteiger partial charge in [0, 0.05) is 19.0 Å². The lowest BCUT2D eigenvalue weighted by molar-refractivity contribution is -0.121. The van der Waals surface area contributed by atoms with Gasteiger partial charge in [0.2, 0.25) is 15.9 Å². The SMILES string of the molecule is CC[C@H](NC(=O)CCCN(c1ccc(F)c(F)c1)S(C)(=O)=O)c1ccc(OC)cc1. The number of nitrogens with zero attached hydrogens (tertiary/aromatic N) is 1. The maximum Gasteiger partial charge on any atom is 0.232 e. The van der Waals surface area contributed by atoms with E-state index in [1.807, 2.05) is 31.2 Å². The van der Waals surface area contributed by atoms with Crippen LogP contribution < -0.4 is 14.4 Å². The van der Waals surface area contributed by atoms with E-state index >= 15 is 0 Å². The van der Waals surface area contributed by atoms with Crippen LogP contribution in [0.5, 0.6) is 5.75 Å². The molecule has 1 N–H and O–H groups in total. The summed E-state index contributed by atoms with van der Waals surface area (Å²) in [6.07, 6.45) is 1.97. The van der Waals surface area contributed by atoms with Crippen LogP contribution in [0.2, 0.25) is 0 Å². The average molecular weight is 441 g/mol. The van der Waals surface area contributed by atoms with Crippen molar-refractivity contribution < 1.29 is 26.7 Å². The first-order valence-corrected chi connectivity index (χ1v) is 11.4. The topological polar surface area (TPSA) is 75.7 Å². The molecule has 0 aromatic heterocycles. The van der Waals surface area contributed by atoms with E-state index < -0.39 is 21.7 Å². The largest absolute Gasteiger partial charge is 0.497 e. The van der Waals surface area contributed by atoms with E-state index in [2.05, 4.69) is 5.32 Å². The molecule has 0 aliphatic carbocycles. The van der Waals surface area contributed by atoms with Crippen LogP contribution in [0, 0.1) is 11.6 Å². The number of ether oxygens (including phenoxy) is 1. The number of methoxy groups -OCH3 is 1. The van der Waals surface area contributed by atoms with Crippen LogP contribution in [0.1, 0.15) is 37.8 Å². The third kappa shape index (κ3) is 6.41. The number of amides is 1. The summed E-state index contributed by atoms with van der Waals surface area (Å²) in [7, 11) is -2.14. The zero-order chi connectivity index (χ0) is 22.3. The van der Waals surface area contributed by atoms with Gasteiger partial charge in [0.05, 0.1) is 25.1 Å². The van der Waals surface area contributed by atoms with Crippen molar-refractivity contribution in [1.82, 2.24) is 5.32 Å². The van der Waals surface area contributed by atoms with Gasteiger partial charge in [0.25, 0.3) is 0 Å². The number of carbonyl (C=O) groups excluding carboxylic acids is 1. The molecule has 0 bridgehead atoms. The van der Waals surface area contributed by atoms with Gasteiger partial charge in [0.1, 0.15) is 5.75 Å². The van der Waals surface area contributed by atoms with Crippen LogP contribution in [0.3, 0.4) is 0 Å². The monoisotopic (exact) mass is 440 g/mol. The minimum absolute atomic E-state index is 0.0153. The van der Waals surface area contributed by atoms with Crippen molar-refractivity contribution in [2.75, 3.05) is 24.2 Å². The van der Waals surface area contributed by atoms with Crippen molar-refractivity contribution in [1.29, 1.82) is 0 Å². The Hall–Kier alpha value is -2.68. The van der Waals surface area contributed by atoms with E-state index in [0.29, 0.717) is 6.42 Å². The van der Waals surface area contributed by atoms with Gasteiger partial charge in [-0.25, -0.2) is 17.2 Å². The molecule has 0 unspecified atom stereocenters. The maximum atomic E-state index is 13.5. The molecule has 0 saturated carbocycles. The number of nitrogens with one attached hydrogen (secondary N) is 1. The molecule has 2 rings (SSSR count). The van der Waals surface area contributed by atoms with E-state index in [0.717, 1.165) is 34.0 Å². The van der Waals surface area contributed by atoms with Gasteiger partial charge >= 0.3 is 0 Å². The second-order valence-corrected chi connectivity index (χ2v) is 8.75. The molecule has 0 fully saturated rings. The van der Waals surface area contributed by atoms with E-state index in [9.17, 15) is 22.0 Å². The highest BCUT2D eigenvalue weighted by Gasteiger charge is 2.20. The van der Waals surface area contributed by atoms with Crippen LogP contribution >= 0.6 is 0 Å². The Morgan fingerprint density at radius 2 is 1.80 bits per heavy atom. The number of hydrogen-bond donors (Lipinski definition) is 1. The van der Waals surface area contributed by atoms with Crippen molar-refractivity contribution in [3.63, 3.8) is 0 Å². The number of rotatable bonds is 10. The second-order valence-electron chi connectivity index (χ2n) is 6.84. The summed E-state index contributed by atoms with van der Waals surface area (Å²) in [6, 6.07) is 10.1. The first-order chi connectivity index (χ1) is 14.2. The number of benzene rings is 2. The molecule has 1 atom stereocenters. The lowest BCUT2D eigenvalue weighted by Crippen LogP contribution is -2.33. The molecule has 6 nitrogen and oxygen atoms in total. The minimum atomic E-state index is -3.72. The van der Waals surface area contributed by atoms with Crippen LogP contribution in [0.25, 0.3) is 0 Å². The standard InChI is InChI=1S/C21H26F2N2O4S/c1-4-20(15-7-10-17(29-2)11-8-15)24-21(26)6-5-13-25(30(3,27)28)16-9-12-18(22)19(23)14-16/h7-12,14,20H,4-6,13H2,1-3H3,(H,24,26)/t20-/m0/s1. The zero-order valence-electron chi connectivity index (χ0n) is 17.2. The predicted octanol–water partition coefficient (Wildman–Crippen LogP) is 3.79. The first kappa shape index (κ1) is 23.6. The van der Waals surface area contributed by atoms with Crippen LogP contribution in [0.15, 0.2) is 42.5 Å². The quantitative estimate of drug-likeness (QED) is 0.610. The molecule has 0 heterocycles. The van der Waals surface area contributed by atoms with Crippen molar-refractivity contribution in [2.45, 2.75) is 32.2 Å².